The Kier molecular flexibility index (Phi) is 8.36. The summed E-state index contributed by atoms with van der Waals surface area (Å²) in [6.45, 7) is 1.97. The predicted molar refractivity (Wildman–Crippen MR) is 213 cm³/mol. The number of aromatic nitrogens is 2. The molecule has 2 aliphatic heterocycles. The maximum absolute atomic E-state index is 5.43. The number of hydrogen-bond donors (Lipinski definition) is 0. The lowest BCUT2D eigenvalue weighted by Gasteiger charge is -2.14. The molecule has 2 aliphatic rings. The van der Waals surface area contributed by atoms with Crippen molar-refractivity contribution in [1.82, 2.24) is 0 Å². The SMILES string of the molecule is COc1ccc2cc(C=Cc3cccc4[n+]3CCCc3ccc5c(c3-4)-c3cccc(C=Cc4ccc6cc(OC)ccc6c4)[n+]3CCC5)ccc2c1. The zero-order valence-electron chi connectivity index (χ0n) is 29.8. The zero-order chi connectivity index (χ0) is 35.0. The molecule has 0 unspecified atom stereocenters. The van der Waals surface area contributed by atoms with Crippen LogP contribution in [0.3, 0.4) is 0 Å². The summed E-state index contributed by atoms with van der Waals surface area (Å²) in [5.74, 6) is 1.77. The Labute approximate surface area is 305 Å². The lowest BCUT2D eigenvalue weighted by Crippen LogP contribution is -2.40. The van der Waals surface area contributed by atoms with E-state index in [2.05, 4.69) is 143 Å². The fourth-order valence-electron chi connectivity index (χ4n) is 8.20. The average Bonchev–Trinajstić information content (AvgIpc) is 3.51. The van der Waals surface area contributed by atoms with Crippen molar-refractivity contribution in [3.05, 3.63) is 155 Å². The van der Waals surface area contributed by atoms with Crippen molar-refractivity contribution < 1.29 is 18.6 Å². The van der Waals surface area contributed by atoms with Gasteiger partial charge in [-0.15, -0.1) is 0 Å². The Morgan fingerprint density at radius 3 is 1.37 bits per heavy atom. The number of nitrogens with zero attached hydrogens (tertiary/aromatic N) is 2. The molecule has 7 aromatic rings. The second-order valence-electron chi connectivity index (χ2n) is 13.9. The molecule has 0 aliphatic carbocycles. The first kappa shape index (κ1) is 31.9. The van der Waals surface area contributed by atoms with Crippen molar-refractivity contribution in [3.63, 3.8) is 0 Å². The minimum Gasteiger partial charge on any atom is -0.497 e. The van der Waals surface area contributed by atoms with Crippen molar-refractivity contribution >= 4 is 45.8 Å². The molecule has 0 N–H and O–H groups in total. The van der Waals surface area contributed by atoms with E-state index in [1.807, 2.05) is 12.1 Å². The number of pyridine rings is 2. The third-order valence-corrected chi connectivity index (χ3v) is 10.8. The van der Waals surface area contributed by atoms with Crippen LogP contribution in [-0.2, 0) is 25.9 Å². The molecule has 0 atom stereocenters. The summed E-state index contributed by atoms with van der Waals surface area (Å²) < 4.78 is 16.0. The van der Waals surface area contributed by atoms with Crippen LogP contribution in [0.25, 0.3) is 68.4 Å². The molecule has 0 saturated heterocycles. The minimum atomic E-state index is 0.883. The van der Waals surface area contributed by atoms with Gasteiger partial charge in [-0.1, -0.05) is 48.5 Å². The highest BCUT2D eigenvalue weighted by atomic mass is 16.5. The summed E-state index contributed by atoms with van der Waals surface area (Å²) in [6, 6.07) is 44.2. The Bertz CT molecular complexity index is 2380. The van der Waals surface area contributed by atoms with Gasteiger partial charge in [0.25, 0.3) is 0 Å². The van der Waals surface area contributed by atoms with Gasteiger partial charge in [0.05, 0.1) is 25.3 Å². The molecule has 9 rings (SSSR count). The van der Waals surface area contributed by atoms with Crippen LogP contribution in [0.1, 0.15) is 46.5 Å². The molecule has 254 valence electrons. The lowest BCUT2D eigenvalue weighted by molar-refractivity contribution is -0.689. The van der Waals surface area contributed by atoms with Crippen LogP contribution in [0.15, 0.2) is 121 Å². The summed E-state index contributed by atoms with van der Waals surface area (Å²) >= 11 is 0. The smallest absolute Gasteiger partial charge is 0.214 e. The van der Waals surface area contributed by atoms with Gasteiger partial charge in [-0.3, -0.25) is 0 Å². The first-order valence-electron chi connectivity index (χ1n) is 18.4. The number of methoxy groups -OCH3 is 2. The Morgan fingerprint density at radius 1 is 0.462 bits per heavy atom. The van der Waals surface area contributed by atoms with Crippen LogP contribution < -0.4 is 18.6 Å². The van der Waals surface area contributed by atoms with Crippen molar-refractivity contribution in [1.29, 1.82) is 0 Å². The molecule has 0 radical (unpaired) electrons. The molecule has 52 heavy (non-hydrogen) atoms. The predicted octanol–water partition coefficient (Wildman–Crippen LogP) is 10.2. The van der Waals surface area contributed by atoms with E-state index in [0.29, 0.717) is 0 Å². The molecule has 4 heterocycles. The van der Waals surface area contributed by atoms with Crippen molar-refractivity contribution in [2.75, 3.05) is 14.2 Å². The van der Waals surface area contributed by atoms with Gasteiger partial charge in [0.15, 0.2) is 0 Å². The van der Waals surface area contributed by atoms with Crippen LogP contribution in [-0.4, -0.2) is 14.2 Å². The van der Waals surface area contributed by atoms with Crippen molar-refractivity contribution in [3.8, 4) is 34.0 Å². The van der Waals surface area contributed by atoms with E-state index in [0.717, 1.165) is 50.3 Å². The topological polar surface area (TPSA) is 26.2 Å². The van der Waals surface area contributed by atoms with E-state index in [-0.39, 0.29) is 0 Å². The monoisotopic (exact) mass is 678 g/mol. The highest BCUT2D eigenvalue weighted by Gasteiger charge is 2.32. The number of rotatable bonds is 6. The number of aryl methyl sites for hydroxylation is 2. The van der Waals surface area contributed by atoms with Crippen LogP contribution in [0.2, 0.25) is 0 Å². The maximum atomic E-state index is 5.43. The molecule has 0 fully saturated rings. The first-order chi connectivity index (χ1) is 25.6. The number of benzene rings is 5. The summed E-state index contributed by atoms with van der Waals surface area (Å²) in [7, 11) is 3.43. The summed E-state index contributed by atoms with van der Waals surface area (Å²) in [5.41, 5.74) is 13.1. The fraction of sp³-hybridized carbons (Fsp3) is 0.167. The van der Waals surface area contributed by atoms with E-state index in [1.165, 1.54) is 77.7 Å². The van der Waals surface area contributed by atoms with Gasteiger partial charge in [0.2, 0.25) is 22.8 Å². The zero-order valence-corrected chi connectivity index (χ0v) is 29.8. The van der Waals surface area contributed by atoms with E-state index in [9.17, 15) is 0 Å². The van der Waals surface area contributed by atoms with E-state index in [4.69, 9.17) is 9.47 Å². The number of ether oxygens (including phenoxy) is 2. The van der Waals surface area contributed by atoms with Crippen molar-refractivity contribution in [2.45, 2.75) is 38.8 Å². The summed E-state index contributed by atoms with van der Waals surface area (Å²) in [4.78, 5) is 0. The molecule has 2 aromatic heterocycles. The first-order valence-corrected chi connectivity index (χ1v) is 18.4. The van der Waals surface area contributed by atoms with Crippen LogP contribution >= 0.6 is 0 Å². The highest BCUT2D eigenvalue weighted by molar-refractivity contribution is 5.89. The molecule has 4 heteroatoms. The number of fused-ring (bicyclic) bond motifs is 9. The Morgan fingerprint density at radius 2 is 0.904 bits per heavy atom. The molecule has 0 amide bonds. The molecule has 0 spiro atoms. The summed E-state index contributed by atoms with van der Waals surface area (Å²) in [5, 5.41) is 4.79. The molecule has 5 aromatic carbocycles. The van der Waals surface area contributed by atoms with Gasteiger partial charge in [-0.2, -0.15) is 9.13 Å². The molecule has 0 bridgehead atoms. The van der Waals surface area contributed by atoms with Gasteiger partial charge >= 0.3 is 0 Å². The largest absolute Gasteiger partial charge is 0.497 e. The van der Waals surface area contributed by atoms with Gasteiger partial charge < -0.3 is 9.47 Å². The molecule has 4 nitrogen and oxygen atoms in total. The maximum Gasteiger partial charge on any atom is 0.214 e. The average molecular weight is 679 g/mol. The normalized spacial score (nSPS) is 13.7. The third-order valence-electron chi connectivity index (χ3n) is 10.8. The van der Waals surface area contributed by atoms with Crippen molar-refractivity contribution in [2.24, 2.45) is 0 Å². The second kappa shape index (κ2) is 13.6. The van der Waals surface area contributed by atoms with Crippen LogP contribution in [0, 0.1) is 0 Å². The van der Waals surface area contributed by atoms with Gasteiger partial charge in [0.1, 0.15) is 24.6 Å². The molecular weight excluding hydrogens is 637 g/mol. The van der Waals surface area contributed by atoms with Crippen LogP contribution in [0.4, 0.5) is 0 Å². The van der Waals surface area contributed by atoms with E-state index in [1.54, 1.807) is 14.2 Å². The standard InChI is InChI=1S/C48H42N2O2/c1-51-43-25-21-37-29-33(13-17-39(37)31-43)15-23-41-9-3-11-45-47-35(7-5-27-49(41)45)19-20-36-8-6-28-50-42(10-4-12-46(50)48(36)47)24-16-34-14-18-40-32-44(52-2)26-22-38(40)30-34/h3-4,9-26,29-32H,5-8,27-28H2,1-2H3/q+2. The molecule has 0 saturated carbocycles. The van der Waals surface area contributed by atoms with Gasteiger partial charge in [-0.05, 0) is 117 Å². The number of hydrogen-bond acceptors (Lipinski definition) is 2. The van der Waals surface area contributed by atoms with E-state index >= 15 is 0 Å². The van der Waals surface area contributed by atoms with E-state index < -0.39 is 0 Å². The Hall–Kier alpha value is -6.00. The van der Waals surface area contributed by atoms with Crippen LogP contribution in [0.5, 0.6) is 11.5 Å². The lowest BCUT2D eigenvalue weighted by atomic mass is 9.88. The highest BCUT2D eigenvalue weighted by Crippen LogP contribution is 2.39. The quantitative estimate of drug-likeness (QED) is 0.164. The fourth-order valence-corrected chi connectivity index (χ4v) is 8.20. The third kappa shape index (κ3) is 5.94. The van der Waals surface area contributed by atoms with Gasteiger partial charge in [-0.25, -0.2) is 0 Å². The molecular formula is C48H42N2O2+2. The second-order valence-corrected chi connectivity index (χ2v) is 13.9. The summed E-state index contributed by atoms with van der Waals surface area (Å²) in [6.07, 6.45) is 13.4. The minimum absolute atomic E-state index is 0.883. The van der Waals surface area contributed by atoms with Gasteiger partial charge in [0, 0.05) is 49.3 Å². The Balaban J connectivity index is 1.10.